The molecule has 1 nitrogen and oxygen atoms in total. The zero-order chi connectivity index (χ0) is 10.8. The van der Waals surface area contributed by atoms with E-state index in [1.807, 2.05) is 0 Å². The Hall–Kier alpha value is -1.24. The van der Waals surface area contributed by atoms with Crippen LogP contribution in [0.5, 0.6) is 0 Å². The lowest BCUT2D eigenvalue weighted by molar-refractivity contribution is 0.386. The summed E-state index contributed by atoms with van der Waals surface area (Å²) in [6, 6.07) is 8.72. The van der Waals surface area contributed by atoms with Gasteiger partial charge in [0.25, 0.3) is 0 Å². The molecule has 0 aromatic heterocycles. The second-order valence-corrected chi connectivity index (χ2v) is 4.99. The van der Waals surface area contributed by atoms with E-state index < -0.39 is 0 Å². The van der Waals surface area contributed by atoms with Gasteiger partial charge in [0, 0.05) is 12.2 Å². The van der Waals surface area contributed by atoms with Crippen LogP contribution in [0.1, 0.15) is 43.2 Å². The largest absolute Gasteiger partial charge is 0.384 e. The van der Waals surface area contributed by atoms with Gasteiger partial charge in [0.05, 0.1) is 0 Å². The molecule has 1 heteroatoms. The van der Waals surface area contributed by atoms with Crippen molar-refractivity contribution >= 4 is 6.08 Å². The Kier molecular flexibility index (Phi) is 2.69. The highest BCUT2D eigenvalue weighted by Crippen LogP contribution is 2.31. The van der Waals surface area contributed by atoms with Crippen molar-refractivity contribution in [3.63, 3.8) is 0 Å². The van der Waals surface area contributed by atoms with Crippen molar-refractivity contribution < 1.29 is 0 Å². The lowest BCUT2D eigenvalue weighted by Crippen LogP contribution is -2.24. The van der Waals surface area contributed by atoms with E-state index in [1.165, 1.54) is 48.9 Å². The summed E-state index contributed by atoms with van der Waals surface area (Å²) in [6.07, 6.45) is 9.37. The molecule has 2 aliphatic rings. The first-order valence-corrected chi connectivity index (χ1v) is 6.47. The molecule has 1 aliphatic heterocycles. The quantitative estimate of drug-likeness (QED) is 0.750. The van der Waals surface area contributed by atoms with Gasteiger partial charge in [0.1, 0.15) is 0 Å². The van der Waals surface area contributed by atoms with E-state index in [2.05, 4.69) is 35.7 Å². The van der Waals surface area contributed by atoms with Crippen LogP contribution in [0.2, 0.25) is 0 Å². The van der Waals surface area contributed by atoms with E-state index in [4.69, 9.17) is 0 Å². The molecule has 1 heterocycles. The third-order valence-corrected chi connectivity index (χ3v) is 3.89. The van der Waals surface area contributed by atoms with Gasteiger partial charge in [0.15, 0.2) is 0 Å². The lowest BCUT2D eigenvalue weighted by Gasteiger charge is -2.28. The molecule has 1 fully saturated rings. The summed E-state index contributed by atoms with van der Waals surface area (Å²) in [5.41, 5.74) is 4.34. The first-order valence-electron chi connectivity index (χ1n) is 6.47. The van der Waals surface area contributed by atoms with E-state index in [1.54, 1.807) is 0 Å². The van der Waals surface area contributed by atoms with Gasteiger partial charge in [-0.15, -0.1) is 0 Å². The first-order chi connectivity index (χ1) is 7.93. The smallest absolute Gasteiger partial charge is 0.0403 e. The number of hydrogen-bond acceptors (Lipinski definition) is 1. The van der Waals surface area contributed by atoms with Crippen LogP contribution in [-0.2, 0) is 6.54 Å². The summed E-state index contributed by atoms with van der Waals surface area (Å²) in [7, 11) is 0. The topological polar surface area (TPSA) is 12.0 Å². The third kappa shape index (κ3) is 1.87. The molecule has 84 valence electrons. The molecule has 1 saturated carbocycles. The molecule has 0 spiro atoms. The average molecular weight is 213 g/mol. The third-order valence-electron chi connectivity index (χ3n) is 3.89. The minimum atomic E-state index is 0.794. The fraction of sp³-hybridized carbons (Fsp3) is 0.467. The molecule has 3 rings (SSSR count). The Bertz CT molecular complexity index is 400. The Morgan fingerprint density at radius 1 is 1.00 bits per heavy atom. The highest BCUT2D eigenvalue weighted by atomic mass is 14.9. The lowest BCUT2D eigenvalue weighted by atomic mass is 9.85. The summed E-state index contributed by atoms with van der Waals surface area (Å²) < 4.78 is 0. The minimum absolute atomic E-state index is 0.794. The van der Waals surface area contributed by atoms with Crippen LogP contribution in [0.3, 0.4) is 0 Å². The van der Waals surface area contributed by atoms with Gasteiger partial charge < -0.3 is 5.32 Å². The molecule has 0 radical (unpaired) electrons. The fourth-order valence-electron chi connectivity index (χ4n) is 2.93. The summed E-state index contributed by atoms with van der Waals surface area (Å²) in [6.45, 7) is 1.01. The van der Waals surface area contributed by atoms with Gasteiger partial charge in [-0.05, 0) is 36.0 Å². The number of allylic oxidation sites excluding steroid dienone is 1. The highest BCUT2D eigenvalue weighted by molar-refractivity contribution is 5.59. The summed E-state index contributed by atoms with van der Waals surface area (Å²) >= 11 is 0. The maximum absolute atomic E-state index is 3.61. The van der Waals surface area contributed by atoms with Gasteiger partial charge in [-0.25, -0.2) is 0 Å². The fourth-order valence-corrected chi connectivity index (χ4v) is 2.93. The van der Waals surface area contributed by atoms with E-state index in [0.717, 1.165) is 12.5 Å². The van der Waals surface area contributed by atoms with E-state index in [9.17, 15) is 0 Å². The van der Waals surface area contributed by atoms with Gasteiger partial charge in [0.2, 0.25) is 0 Å². The van der Waals surface area contributed by atoms with Crippen molar-refractivity contribution in [3.05, 3.63) is 41.1 Å². The monoisotopic (exact) mass is 213 g/mol. The summed E-state index contributed by atoms with van der Waals surface area (Å²) in [5.74, 6) is 0.794. The maximum Gasteiger partial charge on any atom is 0.0403 e. The van der Waals surface area contributed by atoms with Crippen molar-refractivity contribution in [1.29, 1.82) is 0 Å². The number of hydrogen-bond donors (Lipinski definition) is 1. The van der Waals surface area contributed by atoms with Gasteiger partial charge in [-0.2, -0.15) is 0 Å². The second-order valence-electron chi connectivity index (χ2n) is 4.99. The van der Waals surface area contributed by atoms with Gasteiger partial charge in [-0.1, -0.05) is 43.5 Å². The summed E-state index contributed by atoms with van der Waals surface area (Å²) in [4.78, 5) is 0. The van der Waals surface area contributed by atoms with Crippen molar-refractivity contribution in [2.75, 3.05) is 0 Å². The van der Waals surface area contributed by atoms with Crippen molar-refractivity contribution in [2.45, 2.75) is 38.6 Å². The number of benzene rings is 1. The van der Waals surface area contributed by atoms with Crippen LogP contribution >= 0.6 is 0 Å². The molecule has 0 bridgehead atoms. The van der Waals surface area contributed by atoms with Crippen LogP contribution in [0.15, 0.2) is 30.0 Å². The van der Waals surface area contributed by atoms with E-state index in [0.29, 0.717) is 0 Å². The predicted octanol–water partition coefficient (Wildman–Crippen LogP) is 3.71. The van der Waals surface area contributed by atoms with E-state index in [-0.39, 0.29) is 0 Å². The molecule has 1 aliphatic carbocycles. The Morgan fingerprint density at radius 3 is 2.69 bits per heavy atom. The maximum atomic E-state index is 3.61. The molecule has 1 N–H and O–H groups in total. The molecule has 0 atom stereocenters. The van der Waals surface area contributed by atoms with Crippen LogP contribution in [0, 0.1) is 5.92 Å². The molecule has 16 heavy (non-hydrogen) atoms. The Morgan fingerprint density at radius 2 is 1.81 bits per heavy atom. The normalized spacial score (nSPS) is 20.9. The number of fused-ring (bicyclic) bond motifs is 1. The van der Waals surface area contributed by atoms with Crippen LogP contribution in [-0.4, -0.2) is 0 Å². The predicted molar refractivity (Wildman–Crippen MR) is 67.8 cm³/mol. The standard InChI is InChI=1S/C15H19N/c1-2-6-12(7-3-1)15-10-13-8-4-5-9-14(13)11-16-15/h4-5,8-10,12,16H,1-3,6-7,11H2. The molecule has 0 amide bonds. The number of rotatable bonds is 1. The second kappa shape index (κ2) is 4.32. The van der Waals surface area contributed by atoms with Crippen LogP contribution in [0.4, 0.5) is 0 Å². The molecule has 0 saturated heterocycles. The van der Waals surface area contributed by atoms with Crippen molar-refractivity contribution in [3.8, 4) is 0 Å². The number of nitrogens with one attached hydrogen (secondary N) is 1. The Balaban J connectivity index is 1.85. The zero-order valence-electron chi connectivity index (χ0n) is 9.71. The minimum Gasteiger partial charge on any atom is -0.384 e. The molecular formula is C15H19N. The SMILES string of the molecule is C1=C(C2CCCCC2)NCc2ccccc21. The zero-order valence-corrected chi connectivity index (χ0v) is 9.71. The van der Waals surface area contributed by atoms with Crippen molar-refractivity contribution in [2.24, 2.45) is 5.92 Å². The van der Waals surface area contributed by atoms with Crippen LogP contribution < -0.4 is 5.32 Å². The molecule has 1 aromatic rings. The summed E-state index contributed by atoms with van der Waals surface area (Å²) in [5, 5.41) is 3.61. The van der Waals surface area contributed by atoms with Crippen LogP contribution in [0.25, 0.3) is 6.08 Å². The average Bonchev–Trinajstić information content (AvgIpc) is 2.39. The molecule has 1 aromatic carbocycles. The highest BCUT2D eigenvalue weighted by Gasteiger charge is 2.20. The first kappa shape index (κ1) is 9.95. The van der Waals surface area contributed by atoms with Crippen molar-refractivity contribution in [1.82, 2.24) is 5.32 Å². The molecule has 0 unspecified atom stereocenters. The van der Waals surface area contributed by atoms with E-state index >= 15 is 0 Å². The van der Waals surface area contributed by atoms with Gasteiger partial charge >= 0.3 is 0 Å². The molecular weight excluding hydrogens is 194 g/mol. The Labute approximate surface area is 97.6 Å². The van der Waals surface area contributed by atoms with Gasteiger partial charge in [-0.3, -0.25) is 0 Å².